The number of carbonyl (C=O) groups excluding carboxylic acids is 2. The largest absolute Gasteiger partial charge is 0.416 e. The van der Waals surface area contributed by atoms with E-state index in [1.54, 1.807) is 24.3 Å². The molecule has 0 spiro atoms. The number of rotatable bonds is 5. The Labute approximate surface area is 167 Å². The van der Waals surface area contributed by atoms with Crippen molar-refractivity contribution in [2.75, 3.05) is 18.4 Å². The van der Waals surface area contributed by atoms with E-state index >= 15 is 0 Å². The first-order valence-electron chi connectivity index (χ1n) is 9.56. The number of carbonyl (C=O) groups is 2. The molecule has 0 aromatic heterocycles. The van der Waals surface area contributed by atoms with E-state index < -0.39 is 11.7 Å². The van der Waals surface area contributed by atoms with Gasteiger partial charge in [-0.2, -0.15) is 13.2 Å². The average Bonchev–Trinajstić information content (AvgIpc) is 2.68. The summed E-state index contributed by atoms with van der Waals surface area (Å²) in [7, 11) is 0. The van der Waals surface area contributed by atoms with Gasteiger partial charge in [-0.05, 0) is 56.1 Å². The Morgan fingerprint density at radius 1 is 1.10 bits per heavy atom. The maximum Gasteiger partial charge on any atom is 0.416 e. The summed E-state index contributed by atoms with van der Waals surface area (Å²) in [6.45, 7) is 2.30. The fourth-order valence-electron chi connectivity index (χ4n) is 3.65. The van der Waals surface area contributed by atoms with Crippen molar-refractivity contribution < 1.29 is 22.8 Å². The number of anilines is 1. The van der Waals surface area contributed by atoms with E-state index in [9.17, 15) is 22.8 Å². The summed E-state index contributed by atoms with van der Waals surface area (Å²) in [5, 5.41) is 2.80. The highest BCUT2D eigenvalue weighted by atomic mass is 19.4. The molecule has 3 rings (SSSR count). The average molecular weight is 404 g/mol. The zero-order valence-corrected chi connectivity index (χ0v) is 16.1. The number of Topliss-reactive ketones (excluding diaryl/α,β-unsaturated/α-hetero) is 1. The van der Waals surface area contributed by atoms with Gasteiger partial charge in [0.25, 0.3) is 0 Å². The van der Waals surface area contributed by atoms with Crippen molar-refractivity contribution in [1.29, 1.82) is 0 Å². The molecule has 154 valence electrons. The number of ketones is 1. The Kier molecular flexibility index (Phi) is 6.37. The third-order valence-electron chi connectivity index (χ3n) is 5.14. The van der Waals surface area contributed by atoms with Crippen LogP contribution in [0.3, 0.4) is 0 Å². The van der Waals surface area contributed by atoms with Gasteiger partial charge in [-0.25, -0.2) is 0 Å². The first-order valence-corrected chi connectivity index (χ1v) is 9.56. The van der Waals surface area contributed by atoms with Gasteiger partial charge in [0.05, 0.1) is 12.1 Å². The number of hydrogen-bond acceptors (Lipinski definition) is 3. The van der Waals surface area contributed by atoms with Crippen LogP contribution in [0.1, 0.15) is 53.7 Å². The summed E-state index contributed by atoms with van der Waals surface area (Å²) >= 11 is 0. The van der Waals surface area contributed by atoms with Crippen LogP contribution >= 0.6 is 0 Å². The van der Waals surface area contributed by atoms with Crippen LogP contribution in [0.2, 0.25) is 0 Å². The lowest BCUT2D eigenvalue weighted by molar-refractivity contribution is -0.137. The molecule has 1 aliphatic rings. The van der Waals surface area contributed by atoms with Crippen molar-refractivity contribution in [3.8, 4) is 0 Å². The second-order valence-electron chi connectivity index (χ2n) is 7.29. The minimum atomic E-state index is -4.36. The molecule has 29 heavy (non-hydrogen) atoms. The summed E-state index contributed by atoms with van der Waals surface area (Å²) in [4.78, 5) is 26.0. The first kappa shape index (κ1) is 21.0. The van der Waals surface area contributed by atoms with Crippen molar-refractivity contribution in [2.24, 2.45) is 0 Å². The van der Waals surface area contributed by atoms with Gasteiger partial charge in [-0.1, -0.05) is 30.7 Å². The molecule has 2 aromatic carbocycles. The molecule has 0 saturated carbocycles. The Balaban J connectivity index is 1.69. The van der Waals surface area contributed by atoms with Gasteiger partial charge >= 0.3 is 6.18 Å². The van der Waals surface area contributed by atoms with Crippen LogP contribution in [0.4, 0.5) is 18.9 Å². The van der Waals surface area contributed by atoms with E-state index in [4.69, 9.17) is 0 Å². The molecule has 1 atom stereocenters. The number of amides is 1. The lowest BCUT2D eigenvalue weighted by Crippen LogP contribution is -2.39. The minimum absolute atomic E-state index is 0.0838. The number of nitrogens with zero attached hydrogens (tertiary/aromatic N) is 1. The van der Waals surface area contributed by atoms with Crippen LogP contribution < -0.4 is 5.32 Å². The molecule has 1 heterocycles. The number of piperidine rings is 1. The van der Waals surface area contributed by atoms with Gasteiger partial charge < -0.3 is 5.32 Å². The van der Waals surface area contributed by atoms with Crippen molar-refractivity contribution in [3.63, 3.8) is 0 Å². The maximum absolute atomic E-state index is 12.8. The van der Waals surface area contributed by atoms with E-state index in [1.807, 2.05) is 4.90 Å². The molecule has 2 aromatic rings. The van der Waals surface area contributed by atoms with Gasteiger partial charge in [0.15, 0.2) is 5.78 Å². The van der Waals surface area contributed by atoms with Crippen LogP contribution in [-0.2, 0) is 11.0 Å². The highest BCUT2D eigenvalue weighted by Gasteiger charge is 2.31. The summed E-state index contributed by atoms with van der Waals surface area (Å²) < 4.78 is 38.4. The Hall–Kier alpha value is -2.67. The molecule has 0 aliphatic carbocycles. The van der Waals surface area contributed by atoms with E-state index in [0.29, 0.717) is 17.8 Å². The van der Waals surface area contributed by atoms with E-state index in [-0.39, 0.29) is 24.3 Å². The van der Waals surface area contributed by atoms with Crippen LogP contribution in [0.25, 0.3) is 0 Å². The van der Waals surface area contributed by atoms with Crippen LogP contribution in [0.15, 0.2) is 48.5 Å². The Morgan fingerprint density at radius 3 is 2.48 bits per heavy atom. The van der Waals surface area contributed by atoms with Crippen molar-refractivity contribution >= 4 is 17.4 Å². The number of halogens is 3. The Bertz CT molecular complexity index is 878. The summed E-state index contributed by atoms with van der Waals surface area (Å²) in [6, 6.07) is 11.8. The van der Waals surface area contributed by atoms with E-state index in [2.05, 4.69) is 5.32 Å². The minimum Gasteiger partial charge on any atom is -0.325 e. The highest BCUT2D eigenvalue weighted by Crippen LogP contribution is 2.34. The number of likely N-dealkylation sites (tertiary alicyclic amines) is 1. The smallest absolute Gasteiger partial charge is 0.325 e. The summed E-state index contributed by atoms with van der Waals surface area (Å²) in [6.07, 6.45) is -1.67. The summed E-state index contributed by atoms with van der Waals surface area (Å²) in [5.41, 5.74) is 1.17. The number of nitrogens with one attached hydrogen (secondary N) is 1. The molecule has 7 heteroatoms. The molecule has 1 aliphatic heterocycles. The molecule has 1 amide bonds. The third kappa shape index (κ3) is 5.44. The number of benzene rings is 2. The molecule has 1 saturated heterocycles. The van der Waals surface area contributed by atoms with Gasteiger partial charge in [0.2, 0.25) is 5.91 Å². The zero-order valence-electron chi connectivity index (χ0n) is 16.1. The lowest BCUT2D eigenvalue weighted by Gasteiger charge is -2.35. The standard InChI is InChI=1S/C22H23F3N2O2/c1-15(28)17-5-4-6-19(13-17)26-21(29)14-27-12-3-2-7-20(27)16-8-10-18(11-9-16)22(23,24)25/h4-6,8-11,13,20H,2-3,7,12,14H2,1H3,(H,26,29). The van der Waals surface area contributed by atoms with Crippen LogP contribution in [0.5, 0.6) is 0 Å². The van der Waals surface area contributed by atoms with Gasteiger partial charge in [0, 0.05) is 17.3 Å². The van der Waals surface area contributed by atoms with Crippen LogP contribution in [0, 0.1) is 0 Å². The predicted octanol–water partition coefficient (Wildman–Crippen LogP) is 5.07. The molecule has 0 bridgehead atoms. The van der Waals surface area contributed by atoms with Crippen molar-refractivity contribution in [3.05, 3.63) is 65.2 Å². The molecule has 4 nitrogen and oxygen atoms in total. The first-order chi connectivity index (χ1) is 13.7. The second-order valence-corrected chi connectivity index (χ2v) is 7.29. The summed E-state index contributed by atoms with van der Waals surface area (Å²) in [5.74, 6) is -0.302. The van der Waals surface area contributed by atoms with Crippen molar-refractivity contribution in [1.82, 2.24) is 4.90 Å². The van der Waals surface area contributed by atoms with Gasteiger partial charge in [-0.3, -0.25) is 14.5 Å². The number of hydrogen-bond donors (Lipinski definition) is 1. The second kappa shape index (κ2) is 8.78. The molecule has 1 unspecified atom stereocenters. The van der Waals surface area contributed by atoms with Gasteiger partial charge in [-0.15, -0.1) is 0 Å². The fraction of sp³-hybridized carbons (Fsp3) is 0.364. The van der Waals surface area contributed by atoms with E-state index in [0.717, 1.165) is 37.0 Å². The van der Waals surface area contributed by atoms with Gasteiger partial charge in [0.1, 0.15) is 0 Å². The monoisotopic (exact) mass is 404 g/mol. The predicted molar refractivity (Wildman–Crippen MR) is 105 cm³/mol. The molecular weight excluding hydrogens is 381 g/mol. The molecule has 1 N–H and O–H groups in total. The normalized spacial score (nSPS) is 17.7. The molecule has 0 radical (unpaired) electrons. The van der Waals surface area contributed by atoms with Crippen LogP contribution in [-0.4, -0.2) is 29.7 Å². The van der Waals surface area contributed by atoms with E-state index in [1.165, 1.54) is 19.1 Å². The molecular formula is C22H23F3N2O2. The third-order valence-corrected chi connectivity index (χ3v) is 5.14. The quantitative estimate of drug-likeness (QED) is 0.708. The maximum atomic E-state index is 12.8. The SMILES string of the molecule is CC(=O)c1cccc(NC(=O)CN2CCCCC2c2ccc(C(F)(F)F)cc2)c1. The highest BCUT2D eigenvalue weighted by molar-refractivity contribution is 5.97. The Morgan fingerprint density at radius 2 is 1.83 bits per heavy atom. The fourth-order valence-corrected chi connectivity index (χ4v) is 3.65. The van der Waals surface area contributed by atoms with Crippen molar-refractivity contribution in [2.45, 2.75) is 38.4 Å². The zero-order chi connectivity index (χ0) is 21.0. The lowest BCUT2D eigenvalue weighted by atomic mass is 9.94. The topological polar surface area (TPSA) is 49.4 Å². The molecule has 1 fully saturated rings. The number of alkyl halides is 3.